The first-order valence-electron chi connectivity index (χ1n) is 25.7. The first kappa shape index (κ1) is 42.1. The molecule has 15 aromatic rings. The third-order valence-electron chi connectivity index (χ3n) is 15.8. The summed E-state index contributed by atoms with van der Waals surface area (Å²) in [5, 5.41) is 20.1. The molecule has 0 saturated carbocycles. The second-order valence-electron chi connectivity index (χ2n) is 19.9. The van der Waals surface area contributed by atoms with E-state index in [2.05, 4.69) is 279 Å². The van der Waals surface area contributed by atoms with Gasteiger partial charge in [0, 0.05) is 0 Å². The Morgan fingerprint density at radius 1 is 0.135 bits per heavy atom. The highest BCUT2D eigenvalue weighted by molar-refractivity contribution is 6.25. The number of rotatable bonds is 6. The first-order chi connectivity index (χ1) is 36.7. The Labute approximate surface area is 429 Å². The molecule has 0 nitrogen and oxygen atoms in total. The fourth-order valence-corrected chi connectivity index (χ4v) is 12.4. The summed E-state index contributed by atoms with van der Waals surface area (Å²) in [6, 6.07) is 104. The van der Waals surface area contributed by atoms with Gasteiger partial charge in [0.2, 0.25) is 0 Å². The fraction of sp³-hybridized carbons (Fsp3) is 0. The third kappa shape index (κ3) is 6.77. The van der Waals surface area contributed by atoms with Gasteiger partial charge in [-0.15, -0.1) is 0 Å². The molecule has 15 aromatic carbocycles. The average molecular weight is 935 g/mol. The van der Waals surface area contributed by atoms with E-state index < -0.39 is 0 Å². The Bertz CT molecular complexity index is 4640. The van der Waals surface area contributed by atoms with Crippen LogP contribution in [0.4, 0.5) is 0 Å². The molecule has 0 aromatic heterocycles. The van der Waals surface area contributed by atoms with Crippen molar-refractivity contribution in [3.05, 3.63) is 279 Å². The van der Waals surface area contributed by atoms with Crippen molar-refractivity contribution >= 4 is 86.2 Å². The van der Waals surface area contributed by atoms with Gasteiger partial charge in [0.1, 0.15) is 0 Å². The third-order valence-corrected chi connectivity index (χ3v) is 15.8. The summed E-state index contributed by atoms with van der Waals surface area (Å²) < 4.78 is 0. The Balaban J connectivity index is 0.796. The molecule has 0 aliphatic heterocycles. The Kier molecular flexibility index (Phi) is 9.68. The van der Waals surface area contributed by atoms with Crippen LogP contribution in [0.5, 0.6) is 0 Å². The summed E-state index contributed by atoms with van der Waals surface area (Å²) in [7, 11) is 0. The lowest BCUT2D eigenvalue weighted by molar-refractivity contribution is 1.62. The molecule has 0 aliphatic carbocycles. The lowest BCUT2D eigenvalue weighted by Gasteiger charge is -2.19. The van der Waals surface area contributed by atoms with Crippen molar-refractivity contribution in [2.24, 2.45) is 0 Å². The molecule has 0 radical (unpaired) electrons. The zero-order chi connectivity index (χ0) is 48.7. The van der Waals surface area contributed by atoms with Crippen molar-refractivity contribution < 1.29 is 0 Å². The molecule has 0 saturated heterocycles. The second kappa shape index (κ2) is 17.0. The summed E-state index contributed by atoms with van der Waals surface area (Å²) in [4.78, 5) is 0. The van der Waals surface area contributed by atoms with Crippen LogP contribution in [0.15, 0.2) is 279 Å². The van der Waals surface area contributed by atoms with Crippen LogP contribution in [0.3, 0.4) is 0 Å². The molecule has 0 spiro atoms. The van der Waals surface area contributed by atoms with Crippen LogP contribution in [0, 0.1) is 0 Å². The van der Waals surface area contributed by atoms with E-state index in [0.717, 1.165) is 0 Å². The SMILES string of the molecule is c1ccc2c(-c3c4ccccc4c(-c4ccc(-c5ccc6ccc(-c7ccc8ccc(-c9c%10ccccc%10c(-c%10cccc%11ccccc%10%11)c%10ccccc9%10)cc8c7)cc6c5)cc4)c4ccccc34)cccc2c1. The Morgan fingerprint density at radius 3 is 0.811 bits per heavy atom. The van der Waals surface area contributed by atoms with Gasteiger partial charge in [-0.05, 0) is 177 Å². The van der Waals surface area contributed by atoms with Crippen LogP contribution in [0.1, 0.15) is 0 Å². The van der Waals surface area contributed by atoms with Gasteiger partial charge in [-0.2, -0.15) is 0 Å². The van der Waals surface area contributed by atoms with Crippen molar-refractivity contribution in [3.63, 3.8) is 0 Å². The van der Waals surface area contributed by atoms with Gasteiger partial charge in [0.15, 0.2) is 0 Å². The molecule has 0 unspecified atom stereocenters. The maximum atomic E-state index is 2.40. The van der Waals surface area contributed by atoms with Gasteiger partial charge in [0.05, 0.1) is 0 Å². The van der Waals surface area contributed by atoms with E-state index in [1.54, 1.807) is 0 Å². The number of fused-ring (bicyclic) bond motifs is 8. The largest absolute Gasteiger partial charge is 0.0616 e. The van der Waals surface area contributed by atoms with E-state index in [4.69, 9.17) is 0 Å². The van der Waals surface area contributed by atoms with Crippen LogP contribution in [-0.2, 0) is 0 Å². The normalized spacial score (nSPS) is 11.8. The van der Waals surface area contributed by atoms with E-state index in [9.17, 15) is 0 Å². The summed E-state index contributed by atoms with van der Waals surface area (Å²) in [5.74, 6) is 0. The predicted octanol–water partition coefficient (Wildman–Crippen LogP) is 20.9. The second-order valence-corrected chi connectivity index (χ2v) is 19.9. The molecular weight excluding hydrogens is 889 g/mol. The molecule has 0 fully saturated rings. The zero-order valence-electron chi connectivity index (χ0n) is 40.6. The van der Waals surface area contributed by atoms with Crippen molar-refractivity contribution in [1.82, 2.24) is 0 Å². The van der Waals surface area contributed by atoms with Crippen molar-refractivity contribution in [3.8, 4) is 66.8 Å². The average Bonchev–Trinajstić information content (AvgIpc) is 3.48. The maximum absolute atomic E-state index is 2.40. The highest BCUT2D eigenvalue weighted by Gasteiger charge is 2.20. The van der Waals surface area contributed by atoms with Crippen LogP contribution < -0.4 is 0 Å². The van der Waals surface area contributed by atoms with E-state index in [1.807, 2.05) is 0 Å². The van der Waals surface area contributed by atoms with E-state index in [1.165, 1.54) is 153 Å². The number of benzene rings is 15. The summed E-state index contributed by atoms with van der Waals surface area (Å²) in [6.07, 6.45) is 0. The molecule has 0 bridgehead atoms. The minimum Gasteiger partial charge on any atom is -0.0616 e. The van der Waals surface area contributed by atoms with Gasteiger partial charge in [-0.25, -0.2) is 0 Å². The van der Waals surface area contributed by atoms with Crippen LogP contribution in [0.2, 0.25) is 0 Å². The van der Waals surface area contributed by atoms with Crippen LogP contribution in [-0.4, -0.2) is 0 Å². The molecule has 15 rings (SSSR count). The van der Waals surface area contributed by atoms with Gasteiger partial charge in [0.25, 0.3) is 0 Å². The quantitative estimate of drug-likeness (QED) is 0.146. The molecule has 0 aliphatic rings. The first-order valence-corrected chi connectivity index (χ1v) is 25.7. The smallest absolute Gasteiger partial charge is 0.00201 e. The topological polar surface area (TPSA) is 0 Å². The van der Waals surface area contributed by atoms with Gasteiger partial charge in [-0.1, -0.05) is 255 Å². The van der Waals surface area contributed by atoms with E-state index >= 15 is 0 Å². The molecule has 0 heterocycles. The molecule has 74 heavy (non-hydrogen) atoms. The monoisotopic (exact) mass is 934 g/mol. The summed E-state index contributed by atoms with van der Waals surface area (Å²) >= 11 is 0. The number of hydrogen-bond acceptors (Lipinski definition) is 0. The maximum Gasteiger partial charge on any atom is -0.00201 e. The predicted molar refractivity (Wildman–Crippen MR) is 319 cm³/mol. The lowest BCUT2D eigenvalue weighted by Crippen LogP contribution is -1.91. The fourth-order valence-electron chi connectivity index (χ4n) is 12.4. The Hall–Kier alpha value is -9.62. The standard InChI is InChI=1S/C74H46/c1-3-19-59-50(15-1)17-13-29-61(59)73-67-25-9-5-21-63(67)71(64-22-6-10-26-68(64)73)52-37-31-47(32-38-52)53-39-33-48-34-40-54(44-57(48)43-53)55-41-35-49-36-42-56(46-58(49)45-55)72-65-23-7-11-27-69(65)74(70-28-12-8-24-66(70)72)62-30-14-18-51-16-2-4-20-60(51)62/h1-46H. The minimum absolute atomic E-state index is 1.20. The van der Waals surface area contributed by atoms with E-state index in [-0.39, 0.29) is 0 Å². The van der Waals surface area contributed by atoms with Crippen LogP contribution >= 0.6 is 0 Å². The molecule has 342 valence electrons. The molecule has 0 heteroatoms. The van der Waals surface area contributed by atoms with Crippen molar-refractivity contribution in [1.29, 1.82) is 0 Å². The lowest BCUT2D eigenvalue weighted by atomic mass is 9.84. The van der Waals surface area contributed by atoms with Crippen molar-refractivity contribution in [2.75, 3.05) is 0 Å². The van der Waals surface area contributed by atoms with Gasteiger partial charge in [-0.3, -0.25) is 0 Å². The molecular formula is C74H46. The van der Waals surface area contributed by atoms with Crippen molar-refractivity contribution in [2.45, 2.75) is 0 Å². The highest BCUT2D eigenvalue weighted by atomic mass is 14.2. The molecule has 0 N–H and O–H groups in total. The van der Waals surface area contributed by atoms with E-state index in [0.29, 0.717) is 0 Å². The molecule has 0 atom stereocenters. The van der Waals surface area contributed by atoms with Gasteiger partial charge < -0.3 is 0 Å². The summed E-state index contributed by atoms with van der Waals surface area (Å²) in [6.45, 7) is 0. The number of hydrogen-bond donors (Lipinski definition) is 0. The zero-order valence-corrected chi connectivity index (χ0v) is 40.6. The highest BCUT2D eigenvalue weighted by Crippen LogP contribution is 2.48. The van der Waals surface area contributed by atoms with Gasteiger partial charge >= 0.3 is 0 Å². The Morgan fingerprint density at radius 2 is 0.405 bits per heavy atom. The van der Waals surface area contributed by atoms with Crippen LogP contribution in [0.25, 0.3) is 153 Å². The molecule has 0 amide bonds. The minimum atomic E-state index is 1.20. The summed E-state index contributed by atoms with van der Waals surface area (Å²) in [5.41, 5.74) is 14.9.